The monoisotopic (exact) mass is 458 g/mol. The predicted molar refractivity (Wildman–Crippen MR) is 131 cm³/mol. The van der Waals surface area contributed by atoms with Crippen LogP contribution in [0.15, 0.2) is 66.4 Å². The third-order valence-electron chi connectivity index (χ3n) is 5.73. The summed E-state index contributed by atoms with van der Waals surface area (Å²) in [5.41, 5.74) is 3.70. The van der Waals surface area contributed by atoms with Crippen LogP contribution in [0.2, 0.25) is 0 Å². The second-order valence-corrected chi connectivity index (χ2v) is 7.88. The SMILES string of the molecule is COc1ccc(NC2=C(c3ccccc3OC)C(=O)N(c3cc(C)ccc3C)C2=O)c(OC)c1. The van der Waals surface area contributed by atoms with Crippen LogP contribution in [0.1, 0.15) is 16.7 Å². The lowest BCUT2D eigenvalue weighted by Gasteiger charge is -2.19. The van der Waals surface area contributed by atoms with Crippen LogP contribution >= 0.6 is 0 Å². The maximum absolute atomic E-state index is 13.8. The van der Waals surface area contributed by atoms with Gasteiger partial charge in [-0.05, 0) is 49.2 Å². The molecule has 0 aromatic heterocycles. The third-order valence-corrected chi connectivity index (χ3v) is 5.73. The number of aryl methyl sites for hydroxylation is 2. The Morgan fingerprint density at radius 2 is 1.50 bits per heavy atom. The van der Waals surface area contributed by atoms with E-state index in [1.54, 1.807) is 43.5 Å². The highest BCUT2D eigenvalue weighted by Crippen LogP contribution is 2.40. The topological polar surface area (TPSA) is 77.1 Å². The molecule has 0 unspecified atom stereocenters. The van der Waals surface area contributed by atoms with Crippen LogP contribution in [0, 0.1) is 13.8 Å². The number of para-hydroxylation sites is 1. The van der Waals surface area contributed by atoms with E-state index in [1.807, 2.05) is 38.1 Å². The zero-order chi connectivity index (χ0) is 24.4. The number of amides is 2. The van der Waals surface area contributed by atoms with Gasteiger partial charge in [0.2, 0.25) is 0 Å². The lowest BCUT2D eigenvalue weighted by molar-refractivity contribution is -0.120. The average Bonchev–Trinajstić information content (AvgIpc) is 3.09. The largest absolute Gasteiger partial charge is 0.497 e. The summed E-state index contributed by atoms with van der Waals surface area (Å²) in [5, 5.41) is 3.16. The highest BCUT2D eigenvalue weighted by atomic mass is 16.5. The van der Waals surface area contributed by atoms with E-state index in [0.29, 0.717) is 34.2 Å². The van der Waals surface area contributed by atoms with E-state index in [9.17, 15) is 9.59 Å². The van der Waals surface area contributed by atoms with Crippen LogP contribution in [-0.2, 0) is 9.59 Å². The number of ether oxygens (including phenoxy) is 3. The minimum atomic E-state index is -0.461. The molecule has 174 valence electrons. The fourth-order valence-corrected chi connectivity index (χ4v) is 3.96. The molecule has 7 heteroatoms. The Morgan fingerprint density at radius 1 is 0.765 bits per heavy atom. The van der Waals surface area contributed by atoms with E-state index in [0.717, 1.165) is 11.1 Å². The number of anilines is 2. The highest BCUT2D eigenvalue weighted by Gasteiger charge is 2.42. The molecule has 0 aliphatic carbocycles. The van der Waals surface area contributed by atoms with Crippen molar-refractivity contribution in [3.63, 3.8) is 0 Å². The summed E-state index contributed by atoms with van der Waals surface area (Å²) in [7, 11) is 4.62. The smallest absolute Gasteiger partial charge is 0.282 e. The maximum atomic E-state index is 13.8. The van der Waals surface area contributed by atoms with E-state index in [-0.39, 0.29) is 11.3 Å². The standard InChI is InChI=1S/C27H26N2O5/c1-16-10-11-17(2)21(14-16)29-26(30)24(19-8-6-7-9-22(19)33-4)25(27(29)31)28-20-13-12-18(32-3)15-23(20)34-5/h6-15,28H,1-5H3. The Kier molecular flexibility index (Phi) is 6.27. The summed E-state index contributed by atoms with van der Waals surface area (Å²) in [4.78, 5) is 28.8. The van der Waals surface area contributed by atoms with Crippen molar-refractivity contribution in [3.05, 3.63) is 83.1 Å². The average molecular weight is 459 g/mol. The zero-order valence-electron chi connectivity index (χ0n) is 19.8. The summed E-state index contributed by atoms with van der Waals surface area (Å²) in [6.45, 7) is 3.79. The third kappa shape index (κ3) is 3.96. The molecule has 7 nitrogen and oxygen atoms in total. The molecule has 2 amide bonds. The number of hydrogen-bond acceptors (Lipinski definition) is 6. The fraction of sp³-hybridized carbons (Fsp3) is 0.185. The molecule has 34 heavy (non-hydrogen) atoms. The van der Waals surface area contributed by atoms with E-state index in [2.05, 4.69) is 5.32 Å². The molecule has 0 spiro atoms. The molecule has 1 aliphatic rings. The lowest BCUT2D eigenvalue weighted by Crippen LogP contribution is -2.33. The van der Waals surface area contributed by atoms with Crippen LogP contribution in [0.25, 0.3) is 5.57 Å². The second kappa shape index (κ2) is 9.31. The Balaban J connectivity index is 1.90. The molecule has 1 aliphatic heterocycles. The molecule has 0 radical (unpaired) electrons. The fourth-order valence-electron chi connectivity index (χ4n) is 3.96. The summed E-state index contributed by atoms with van der Waals surface area (Å²) in [6, 6.07) is 18.0. The van der Waals surface area contributed by atoms with E-state index in [1.165, 1.54) is 19.1 Å². The van der Waals surface area contributed by atoms with Crippen LogP contribution in [0.5, 0.6) is 17.2 Å². The highest BCUT2D eigenvalue weighted by molar-refractivity contribution is 6.46. The molecule has 0 fully saturated rings. The van der Waals surface area contributed by atoms with Gasteiger partial charge in [-0.25, -0.2) is 4.90 Å². The predicted octanol–water partition coefficient (Wildman–Crippen LogP) is 4.73. The van der Waals surface area contributed by atoms with E-state index in [4.69, 9.17) is 14.2 Å². The minimum absolute atomic E-state index is 0.138. The number of hydrogen-bond donors (Lipinski definition) is 1. The van der Waals surface area contributed by atoms with Crippen molar-refractivity contribution in [2.75, 3.05) is 31.5 Å². The van der Waals surface area contributed by atoms with Gasteiger partial charge >= 0.3 is 0 Å². The van der Waals surface area contributed by atoms with Crippen LogP contribution < -0.4 is 24.4 Å². The van der Waals surface area contributed by atoms with Gasteiger partial charge in [0, 0.05) is 11.6 Å². The second-order valence-electron chi connectivity index (χ2n) is 7.88. The first kappa shape index (κ1) is 22.9. The van der Waals surface area contributed by atoms with Gasteiger partial charge in [0.05, 0.1) is 38.3 Å². The maximum Gasteiger partial charge on any atom is 0.282 e. The van der Waals surface area contributed by atoms with Gasteiger partial charge < -0.3 is 19.5 Å². The normalized spacial score (nSPS) is 13.4. The van der Waals surface area contributed by atoms with E-state index >= 15 is 0 Å². The number of nitrogens with one attached hydrogen (secondary N) is 1. The van der Waals surface area contributed by atoms with Crippen molar-refractivity contribution >= 4 is 28.8 Å². The molecular formula is C27H26N2O5. The van der Waals surface area contributed by atoms with Crippen molar-refractivity contribution in [3.8, 4) is 17.2 Å². The number of nitrogens with zero attached hydrogens (tertiary/aromatic N) is 1. The van der Waals surface area contributed by atoms with Crippen molar-refractivity contribution in [1.82, 2.24) is 0 Å². The van der Waals surface area contributed by atoms with Crippen molar-refractivity contribution in [2.45, 2.75) is 13.8 Å². The first-order valence-electron chi connectivity index (χ1n) is 10.7. The number of imide groups is 1. The first-order chi connectivity index (χ1) is 16.4. The first-order valence-corrected chi connectivity index (χ1v) is 10.7. The van der Waals surface area contributed by atoms with Gasteiger partial charge in [-0.3, -0.25) is 9.59 Å². The quantitative estimate of drug-likeness (QED) is 0.516. The number of carbonyl (C=O) groups excluding carboxylic acids is 2. The molecule has 4 rings (SSSR count). The summed E-state index contributed by atoms with van der Waals surface area (Å²) < 4.78 is 16.3. The van der Waals surface area contributed by atoms with Crippen LogP contribution in [-0.4, -0.2) is 33.1 Å². The molecular weight excluding hydrogens is 432 g/mol. The van der Waals surface area contributed by atoms with E-state index < -0.39 is 11.8 Å². The molecule has 3 aromatic carbocycles. The van der Waals surface area contributed by atoms with Crippen molar-refractivity contribution in [1.29, 1.82) is 0 Å². The van der Waals surface area contributed by atoms with Gasteiger partial charge in [0.1, 0.15) is 22.9 Å². The van der Waals surface area contributed by atoms with Gasteiger partial charge in [0.25, 0.3) is 11.8 Å². The summed E-state index contributed by atoms with van der Waals surface area (Å²) in [5.74, 6) is 0.668. The Labute approximate surface area is 198 Å². The molecule has 0 bridgehead atoms. The molecule has 0 atom stereocenters. The number of methoxy groups -OCH3 is 3. The lowest BCUT2D eigenvalue weighted by atomic mass is 10.0. The molecule has 0 saturated carbocycles. The Morgan fingerprint density at radius 3 is 2.21 bits per heavy atom. The van der Waals surface area contributed by atoms with Gasteiger partial charge in [-0.1, -0.05) is 30.3 Å². The molecule has 1 heterocycles. The number of carbonyl (C=O) groups is 2. The minimum Gasteiger partial charge on any atom is -0.497 e. The van der Waals surface area contributed by atoms with Gasteiger partial charge in [0.15, 0.2) is 0 Å². The van der Waals surface area contributed by atoms with Crippen LogP contribution in [0.4, 0.5) is 11.4 Å². The summed E-state index contributed by atoms with van der Waals surface area (Å²) >= 11 is 0. The van der Waals surface area contributed by atoms with Gasteiger partial charge in [-0.15, -0.1) is 0 Å². The van der Waals surface area contributed by atoms with Crippen LogP contribution in [0.3, 0.4) is 0 Å². The zero-order valence-corrected chi connectivity index (χ0v) is 19.8. The Hall–Kier alpha value is -4.26. The summed E-state index contributed by atoms with van der Waals surface area (Å²) in [6.07, 6.45) is 0. The molecule has 1 N–H and O–H groups in total. The number of rotatable bonds is 7. The van der Waals surface area contributed by atoms with Crippen molar-refractivity contribution < 1.29 is 23.8 Å². The van der Waals surface area contributed by atoms with Crippen molar-refractivity contribution in [2.24, 2.45) is 0 Å². The Bertz CT molecular complexity index is 1310. The molecule has 0 saturated heterocycles. The van der Waals surface area contributed by atoms with Gasteiger partial charge in [-0.2, -0.15) is 0 Å². The number of benzene rings is 3. The molecule has 3 aromatic rings.